The van der Waals surface area contributed by atoms with Gasteiger partial charge in [0.05, 0.1) is 0 Å². The molecule has 0 radical (unpaired) electrons. The highest BCUT2D eigenvalue weighted by atomic mass is 32.1. The molecule has 0 saturated carbocycles. The summed E-state index contributed by atoms with van der Waals surface area (Å²) in [6.45, 7) is 4.12. The third-order valence-corrected chi connectivity index (χ3v) is 3.94. The topological polar surface area (TPSA) is 33.3 Å². The maximum atomic E-state index is 5.79. The first-order valence-corrected chi connectivity index (χ1v) is 8.49. The first-order chi connectivity index (χ1) is 12.1. The quantitative estimate of drug-likeness (QED) is 0.575. The lowest BCUT2D eigenvalue weighted by Crippen LogP contribution is -2.19. The van der Waals surface area contributed by atoms with Gasteiger partial charge in [0.1, 0.15) is 11.5 Å². The van der Waals surface area contributed by atoms with Gasteiger partial charge in [0, 0.05) is 11.4 Å². The number of hydrogen-bond donors (Lipinski definition) is 2. The van der Waals surface area contributed by atoms with Crippen molar-refractivity contribution in [1.29, 1.82) is 0 Å². The molecule has 0 atom stereocenters. The number of thiocarbonyl (C=S) groups is 1. The van der Waals surface area contributed by atoms with Gasteiger partial charge >= 0.3 is 0 Å². The normalized spacial score (nSPS) is 10.2. The fourth-order valence-corrected chi connectivity index (χ4v) is 2.61. The van der Waals surface area contributed by atoms with Gasteiger partial charge in [-0.15, -0.1) is 0 Å². The Labute approximate surface area is 153 Å². The van der Waals surface area contributed by atoms with E-state index < -0.39 is 0 Å². The summed E-state index contributed by atoms with van der Waals surface area (Å²) in [5, 5.41) is 7.00. The summed E-state index contributed by atoms with van der Waals surface area (Å²) in [6, 6.07) is 23.7. The predicted octanol–water partition coefficient (Wildman–Crippen LogP) is 5.90. The van der Waals surface area contributed by atoms with E-state index in [9.17, 15) is 0 Å². The Morgan fingerprint density at radius 1 is 0.800 bits per heavy atom. The second kappa shape index (κ2) is 7.81. The van der Waals surface area contributed by atoms with Gasteiger partial charge in [-0.3, -0.25) is 0 Å². The first kappa shape index (κ1) is 17.0. The van der Waals surface area contributed by atoms with Crippen LogP contribution in [0.15, 0.2) is 72.8 Å². The second-order valence-electron chi connectivity index (χ2n) is 5.84. The number of aryl methyl sites for hydroxylation is 2. The smallest absolute Gasteiger partial charge is 0.175 e. The van der Waals surface area contributed by atoms with E-state index in [1.807, 2.05) is 54.6 Å². The van der Waals surface area contributed by atoms with Crippen LogP contribution in [0.2, 0.25) is 0 Å². The maximum absolute atomic E-state index is 5.79. The molecule has 4 heteroatoms. The summed E-state index contributed by atoms with van der Waals surface area (Å²) >= 11 is 5.41. The molecule has 0 fully saturated rings. The fourth-order valence-electron chi connectivity index (χ4n) is 2.39. The molecule has 3 aromatic carbocycles. The standard InChI is InChI=1S/C21H20N2OS/c1-15-8-9-16(2)20(14-15)23-21(25)22-17-10-12-19(13-11-17)24-18-6-4-3-5-7-18/h3-14H,1-2H3,(H2,22,23,25). The van der Waals surface area contributed by atoms with Crippen LogP contribution in [-0.2, 0) is 0 Å². The third-order valence-electron chi connectivity index (χ3n) is 3.73. The average Bonchev–Trinajstić information content (AvgIpc) is 2.61. The highest BCUT2D eigenvalue weighted by molar-refractivity contribution is 7.80. The molecule has 0 heterocycles. The zero-order valence-corrected chi connectivity index (χ0v) is 15.1. The minimum absolute atomic E-state index is 0.561. The van der Waals surface area contributed by atoms with Gasteiger partial charge in [-0.1, -0.05) is 30.3 Å². The Balaban J connectivity index is 1.61. The van der Waals surface area contributed by atoms with Crippen molar-refractivity contribution in [1.82, 2.24) is 0 Å². The van der Waals surface area contributed by atoms with E-state index in [4.69, 9.17) is 17.0 Å². The van der Waals surface area contributed by atoms with Crippen molar-refractivity contribution < 1.29 is 4.74 Å². The van der Waals surface area contributed by atoms with E-state index >= 15 is 0 Å². The van der Waals surface area contributed by atoms with E-state index in [2.05, 4.69) is 42.7 Å². The lowest BCUT2D eigenvalue weighted by atomic mass is 10.1. The van der Waals surface area contributed by atoms with Crippen LogP contribution in [0.4, 0.5) is 11.4 Å². The van der Waals surface area contributed by atoms with Crippen molar-refractivity contribution in [2.75, 3.05) is 10.6 Å². The van der Waals surface area contributed by atoms with E-state index in [-0.39, 0.29) is 0 Å². The molecule has 0 aliphatic heterocycles. The van der Waals surface area contributed by atoms with Crippen molar-refractivity contribution in [2.24, 2.45) is 0 Å². The van der Waals surface area contributed by atoms with Gasteiger partial charge in [-0.05, 0) is 79.7 Å². The summed E-state index contributed by atoms with van der Waals surface area (Å²) < 4.78 is 5.79. The zero-order valence-electron chi connectivity index (χ0n) is 14.2. The summed E-state index contributed by atoms with van der Waals surface area (Å²) in [6.07, 6.45) is 0. The monoisotopic (exact) mass is 348 g/mol. The number of ether oxygens (including phenoxy) is 1. The Morgan fingerprint density at radius 3 is 2.20 bits per heavy atom. The van der Waals surface area contributed by atoms with Crippen LogP contribution >= 0.6 is 12.2 Å². The van der Waals surface area contributed by atoms with Crippen LogP contribution in [-0.4, -0.2) is 5.11 Å². The molecule has 0 aromatic heterocycles. The Kier molecular flexibility index (Phi) is 5.31. The summed E-state index contributed by atoms with van der Waals surface area (Å²) in [5.74, 6) is 1.60. The molecule has 3 rings (SSSR count). The molecule has 3 aromatic rings. The number of hydrogen-bond acceptors (Lipinski definition) is 2. The first-order valence-electron chi connectivity index (χ1n) is 8.08. The molecule has 2 N–H and O–H groups in total. The van der Waals surface area contributed by atoms with Gasteiger partial charge in [-0.2, -0.15) is 0 Å². The van der Waals surface area contributed by atoms with Gasteiger partial charge in [0.25, 0.3) is 0 Å². The van der Waals surface area contributed by atoms with E-state index in [1.54, 1.807) is 0 Å². The molecule has 0 aliphatic rings. The van der Waals surface area contributed by atoms with E-state index in [1.165, 1.54) is 5.56 Å². The molecule has 0 aliphatic carbocycles. The second-order valence-corrected chi connectivity index (χ2v) is 6.25. The zero-order chi connectivity index (χ0) is 17.6. The van der Waals surface area contributed by atoms with E-state index in [0.29, 0.717) is 5.11 Å². The molecular formula is C21H20N2OS. The number of benzene rings is 3. The number of nitrogens with one attached hydrogen (secondary N) is 2. The highest BCUT2D eigenvalue weighted by Gasteiger charge is 2.03. The highest BCUT2D eigenvalue weighted by Crippen LogP contribution is 2.23. The van der Waals surface area contributed by atoms with Crippen LogP contribution in [0.25, 0.3) is 0 Å². The van der Waals surface area contributed by atoms with Gasteiger partial charge < -0.3 is 15.4 Å². The SMILES string of the molecule is Cc1ccc(C)c(NC(=S)Nc2ccc(Oc3ccccc3)cc2)c1. The van der Waals surface area contributed by atoms with Crippen LogP contribution in [0.3, 0.4) is 0 Å². The van der Waals surface area contributed by atoms with Crippen molar-refractivity contribution >= 4 is 28.7 Å². The Hall–Kier alpha value is -2.85. The molecule has 0 saturated heterocycles. The van der Waals surface area contributed by atoms with Gasteiger partial charge in [0.15, 0.2) is 5.11 Å². The van der Waals surface area contributed by atoms with Crippen molar-refractivity contribution in [3.63, 3.8) is 0 Å². The lowest BCUT2D eigenvalue weighted by Gasteiger charge is -2.13. The van der Waals surface area contributed by atoms with Gasteiger partial charge in [0.2, 0.25) is 0 Å². The number of rotatable bonds is 4. The Morgan fingerprint density at radius 2 is 1.48 bits per heavy atom. The molecule has 3 nitrogen and oxygen atoms in total. The van der Waals surface area contributed by atoms with Crippen molar-refractivity contribution in [2.45, 2.75) is 13.8 Å². The summed E-state index contributed by atoms with van der Waals surface area (Å²) in [7, 11) is 0. The van der Waals surface area contributed by atoms with Gasteiger partial charge in [-0.25, -0.2) is 0 Å². The number of para-hydroxylation sites is 1. The maximum Gasteiger partial charge on any atom is 0.175 e. The van der Waals surface area contributed by atoms with Crippen molar-refractivity contribution in [3.8, 4) is 11.5 Å². The van der Waals surface area contributed by atoms with Crippen LogP contribution in [0, 0.1) is 13.8 Å². The molecule has 0 bridgehead atoms. The molecule has 0 spiro atoms. The molecule has 0 amide bonds. The minimum atomic E-state index is 0.561. The fraction of sp³-hybridized carbons (Fsp3) is 0.0952. The molecule has 0 unspecified atom stereocenters. The van der Waals surface area contributed by atoms with Crippen LogP contribution in [0.5, 0.6) is 11.5 Å². The molecule has 126 valence electrons. The summed E-state index contributed by atoms with van der Waals surface area (Å²) in [5.41, 5.74) is 4.27. The summed E-state index contributed by atoms with van der Waals surface area (Å²) in [4.78, 5) is 0. The van der Waals surface area contributed by atoms with Crippen LogP contribution < -0.4 is 15.4 Å². The minimum Gasteiger partial charge on any atom is -0.457 e. The van der Waals surface area contributed by atoms with Crippen molar-refractivity contribution in [3.05, 3.63) is 83.9 Å². The molecular weight excluding hydrogens is 328 g/mol. The average molecular weight is 348 g/mol. The number of anilines is 2. The molecule has 25 heavy (non-hydrogen) atoms. The predicted molar refractivity (Wildman–Crippen MR) is 109 cm³/mol. The lowest BCUT2D eigenvalue weighted by molar-refractivity contribution is 0.483. The largest absolute Gasteiger partial charge is 0.457 e. The Bertz CT molecular complexity index is 861. The third kappa shape index (κ3) is 4.81. The van der Waals surface area contributed by atoms with E-state index in [0.717, 1.165) is 28.4 Å². The van der Waals surface area contributed by atoms with Crippen LogP contribution in [0.1, 0.15) is 11.1 Å².